The third kappa shape index (κ3) is 1.86. The molecule has 3 aromatic rings. The van der Waals surface area contributed by atoms with Gasteiger partial charge in [-0.1, -0.05) is 78.9 Å². The molecule has 0 heterocycles. The molecule has 0 heteroatoms. The predicted molar refractivity (Wildman–Crippen MR) is 88.2 cm³/mol. The molecule has 0 atom stereocenters. The van der Waals surface area contributed by atoms with Crippen LogP contribution in [0.15, 0.2) is 60.7 Å². The highest BCUT2D eigenvalue weighted by molar-refractivity contribution is 5.93. The first kappa shape index (κ1) is 11.2. The van der Waals surface area contributed by atoms with Gasteiger partial charge in [0.05, 0.1) is 0 Å². The van der Waals surface area contributed by atoms with Crippen LogP contribution in [-0.2, 0) is 0 Å². The van der Waals surface area contributed by atoms with Crippen molar-refractivity contribution in [2.45, 2.75) is 0 Å². The van der Waals surface area contributed by atoms with Gasteiger partial charge in [0.2, 0.25) is 0 Å². The Morgan fingerprint density at radius 1 is 0.650 bits per heavy atom. The molecule has 0 unspecified atom stereocenters. The lowest BCUT2D eigenvalue weighted by molar-refractivity contribution is 1.55. The van der Waals surface area contributed by atoms with E-state index in [0.29, 0.717) is 0 Å². The third-order valence-electron chi connectivity index (χ3n) is 3.83. The van der Waals surface area contributed by atoms with E-state index in [0.717, 1.165) is 0 Å². The average molecular weight is 254 g/mol. The molecule has 1 aliphatic carbocycles. The molecule has 0 saturated heterocycles. The summed E-state index contributed by atoms with van der Waals surface area (Å²) in [6.45, 7) is 0. The molecule has 94 valence electrons. The summed E-state index contributed by atoms with van der Waals surface area (Å²) in [6, 6.07) is 21.5. The van der Waals surface area contributed by atoms with Gasteiger partial charge in [-0.05, 0) is 39.1 Å². The van der Waals surface area contributed by atoms with Gasteiger partial charge in [-0.2, -0.15) is 0 Å². The minimum Gasteiger partial charge on any atom is -0.0616 e. The first-order chi connectivity index (χ1) is 9.90. The van der Waals surface area contributed by atoms with Crippen molar-refractivity contribution in [2.24, 2.45) is 0 Å². The fourth-order valence-corrected chi connectivity index (χ4v) is 2.66. The van der Waals surface area contributed by atoms with Crippen LogP contribution in [0.5, 0.6) is 0 Å². The molecule has 3 aromatic carbocycles. The van der Waals surface area contributed by atoms with Crippen LogP contribution in [0.2, 0.25) is 0 Å². The number of benzene rings is 3. The highest BCUT2D eigenvalue weighted by atomic mass is 14.1. The number of fused-ring (bicyclic) bond motifs is 2. The van der Waals surface area contributed by atoms with Crippen molar-refractivity contribution < 1.29 is 0 Å². The van der Waals surface area contributed by atoms with Crippen molar-refractivity contribution in [1.29, 1.82) is 0 Å². The van der Waals surface area contributed by atoms with E-state index in [1.165, 1.54) is 33.0 Å². The fourth-order valence-electron chi connectivity index (χ4n) is 2.66. The highest BCUT2D eigenvalue weighted by Crippen LogP contribution is 2.26. The quantitative estimate of drug-likeness (QED) is 0.415. The molecular weight excluding hydrogens is 240 g/mol. The zero-order chi connectivity index (χ0) is 13.4. The molecule has 0 aliphatic heterocycles. The number of hydrogen-bond donors (Lipinski definition) is 0. The molecule has 0 nitrogen and oxygen atoms in total. The van der Waals surface area contributed by atoms with E-state index < -0.39 is 0 Å². The third-order valence-corrected chi connectivity index (χ3v) is 3.83. The molecule has 0 N–H and O–H groups in total. The normalized spacial score (nSPS) is 12.6. The Bertz CT molecular complexity index is 846. The Hall–Kier alpha value is -2.60. The van der Waals surface area contributed by atoms with Crippen LogP contribution in [0.1, 0.15) is 22.3 Å². The largest absolute Gasteiger partial charge is 0.0616 e. The first-order valence-corrected chi connectivity index (χ1v) is 6.88. The highest BCUT2D eigenvalue weighted by Gasteiger charge is 2.04. The van der Waals surface area contributed by atoms with Gasteiger partial charge in [-0.3, -0.25) is 0 Å². The molecule has 0 bridgehead atoms. The van der Waals surface area contributed by atoms with E-state index >= 15 is 0 Å². The van der Waals surface area contributed by atoms with Gasteiger partial charge in [-0.25, -0.2) is 0 Å². The summed E-state index contributed by atoms with van der Waals surface area (Å²) in [5.41, 5.74) is 5.19. The second kappa shape index (κ2) is 4.50. The van der Waals surface area contributed by atoms with Crippen LogP contribution in [0.4, 0.5) is 0 Å². The van der Waals surface area contributed by atoms with Gasteiger partial charge >= 0.3 is 0 Å². The molecule has 0 saturated carbocycles. The van der Waals surface area contributed by atoms with E-state index in [1.54, 1.807) is 0 Å². The Kier molecular flexibility index (Phi) is 2.53. The standard InChI is InChI=1S/C20H14/c1-2-7-20-17(4-1)5-3-6-18(20)11-9-15-8-10-16-12-13-19(16)14-15/h1-14H. The molecule has 20 heavy (non-hydrogen) atoms. The Labute approximate surface area is 118 Å². The summed E-state index contributed by atoms with van der Waals surface area (Å²) in [4.78, 5) is 0. The second-order valence-corrected chi connectivity index (χ2v) is 5.12. The van der Waals surface area contributed by atoms with Gasteiger partial charge in [-0.15, -0.1) is 0 Å². The molecule has 0 spiro atoms. The Morgan fingerprint density at radius 3 is 2.35 bits per heavy atom. The van der Waals surface area contributed by atoms with E-state index in [2.05, 4.69) is 85.0 Å². The smallest absolute Gasteiger partial charge is 0.0111 e. The van der Waals surface area contributed by atoms with E-state index in [4.69, 9.17) is 0 Å². The average Bonchev–Trinajstić information content (AvgIpc) is 2.47. The van der Waals surface area contributed by atoms with Gasteiger partial charge in [0.15, 0.2) is 0 Å². The lowest BCUT2D eigenvalue weighted by Gasteiger charge is -2.10. The molecule has 4 rings (SSSR count). The summed E-state index contributed by atoms with van der Waals surface area (Å²) in [6.07, 6.45) is 8.69. The number of rotatable bonds is 2. The zero-order valence-corrected chi connectivity index (χ0v) is 11.1. The lowest BCUT2D eigenvalue weighted by atomic mass is 9.95. The van der Waals surface area contributed by atoms with E-state index in [-0.39, 0.29) is 0 Å². The zero-order valence-electron chi connectivity index (χ0n) is 11.1. The van der Waals surface area contributed by atoms with Crippen molar-refractivity contribution in [3.63, 3.8) is 0 Å². The maximum Gasteiger partial charge on any atom is -0.0111 e. The molecule has 0 radical (unpaired) electrons. The van der Waals surface area contributed by atoms with Crippen LogP contribution in [-0.4, -0.2) is 0 Å². The minimum absolute atomic E-state index is 1.25. The Morgan fingerprint density at radius 2 is 1.50 bits per heavy atom. The van der Waals surface area contributed by atoms with Crippen molar-refractivity contribution in [3.05, 3.63) is 82.9 Å². The van der Waals surface area contributed by atoms with Crippen LogP contribution in [0, 0.1) is 0 Å². The predicted octanol–water partition coefficient (Wildman–Crippen LogP) is 5.49. The summed E-state index contributed by atoms with van der Waals surface area (Å²) in [5, 5.41) is 2.59. The second-order valence-electron chi connectivity index (χ2n) is 5.12. The molecule has 0 aromatic heterocycles. The van der Waals surface area contributed by atoms with Crippen LogP contribution < -0.4 is 0 Å². The fraction of sp³-hybridized carbons (Fsp3) is 0. The van der Waals surface area contributed by atoms with Gasteiger partial charge in [0.1, 0.15) is 0 Å². The van der Waals surface area contributed by atoms with Gasteiger partial charge < -0.3 is 0 Å². The molecular formula is C20H14. The molecule has 1 aliphatic rings. The molecule has 0 amide bonds. The van der Waals surface area contributed by atoms with Crippen molar-refractivity contribution in [1.82, 2.24) is 0 Å². The van der Waals surface area contributed by atoms with Crippen LogP contribution in [0.25, 0.3) is 35.1 Å². The number of hydrogen-bond acceptors (Lipinski definition) is 0. The van der Waals surface area contributed by atoms with Gasteiger partial charge in [0, 0.05) is 0 Å². The lowest BCUT2D eigenvalue weighted by Crippen LogP contribution is -1.89. The minimum atomic E-state index is 1.25. The Balaban J connectivity index is 1.73. The summed E-state index contributed by atoms with van der Waals surface area (Å²) in [5.74, 6) is 0. The summed E-state index contributed by atoms with van der Waals surface area (Å²) >= 11 is 0. The van der Waals surface area contributed by atoms with Crippen LogP contribution >= 0.6 is 0 Å². The van der Waals surface area contributed by atoms with Crippen LogP contribution in [0.3, 0.4) is 0 Å². The maximum atomic E-state index is 2.23. The SMILES string of the molecule is C(=Cc1cccc2ccccc12)c1ccc2c(c1)C=C2. The van der Waals surface area contributed by atoms with E-state index in [9.17, 15) is 0 Å². The topological polar surface area (TPSA) is 0 Å². The summed E-state index contributed by atoms with van der Waals surface area (Å²) in [7, 11) is 0. The van der Waals surface area contributed by atoms with Gasteiger partial charge in [0.25, 0.3) is 0 Å². The van der Waals surface area contributed by atoms with E-state index in [1.807, 2.05) is 0 Å². The monoisotopic (exact) mass is 254 g/mol. The first-order valence-electron chi connectivity index (χ1n) is 6.88. The molecule has 0 fully saturated rings. The van der Waals surface area contributed by atoms with Crippen molar-refractivity contribution >= 4 is 35.1 Å². The maximum absolute atomic E-state index is 2.23. The van der Waals surface area contributed by atoms with Crippen molar-refractivity contribution in [2.75, 3.05) is 0 Å². The summed E-state index contributed by atoms with van der Waals surface area (Å²) < 4.78 is 0. The van der Waals surface area contributed by atoms with Crippen molar-refractivity contribution in [3.8, 4) is 0 Å².